The largest absolute Gasteiger partial charge is 0.465 e. The van der Waals surface area contributed by atoms with Crippen LogP contribution in [0.3, 0.4) is 0 Å². The van der Waals surface area contributed by atoms with E-state index < -0.39 is 16.1 Å². The summed E-state index contributed by atoms with van der Waals surface area (Å²) in [6.07, 6.45) is 3.39. The number of carboxylic acid groups (broad SMARTS) is 1. The molecular weight excluding hydrogens is 392 g/mol. The van der Waals surface area contributed by atoms with Crippen LogP contribution >= 0.6 is 0 Å². The van der Waals surface area contributed by atoms with Gasteiger partial charge in [-0.25, -0.2) is 22.2 Å². The zero-order valence-electron chi connectivity index (χ0n) is 15.3. The summed E-state index contributed by atoms with van der Waals surface area (Å²) in [5.41, 5.74) is 2.36. The molecule has 0 atom stereocenters. The molecule has 1 amide bonds. The minimum absolute atomic E-state index is 0.167. The molecule has 29 heavy (non-hydrogen) atoms. The SMILES string of the molecule is Cc1ncc(-c2ccnc(NC(=O)O)c2)c2ccn(S(=O)(=O)c3ccccc3)c12. The molecule has 1 aromatic carbocycles. The Bertz CT molecular complexity index is 1330. The van der Waals surface area contributed by atoms with Gasteiger partial charge in [-0.05, 0) is 42.8 Å². The number of aryl methyl sites for hydroxylation is 1. The molecule has 4 rings (SSSR count). The highest BCUT2D eigenvalue weighted by atomic mass is 32.2. The van der Waals surface area contributed by atoms with Crippen LogP contribution in [0.5, 0.6) is 0 Å². The van der Waals surface area contributed by atoms with Crippen LogP contribution in [0.15, 0.2) is 72.0 Å². The number of nitrogens with one attached hydrogen (secondary N) is 1. The van der Waals surface area contributed by atoms with Gasteiger partial charge in [0, 0.05) is 29.5 Å². The minimum atomic E-state index is -3.79. The molecule has 0 saturated heterocycles. The third-order valence-corrected chi connectivity index (χ3v) is 6.17. The molecule has 2 N–H and O–H groups in total. The molecule has 4 aromatic rings. The Morgan fingerprint density at radius 3 is 2.59 bits per heavy atom. The van der Waals surface area contributed by atoms with Gasteiger partial charge in [-0.2, -0.15) is 0 Å². The fourth-order valence-corrected chi connectivity index (χ4v) is 4.61. The second kappa shape index (κ2) is 7.02. The highest BCUT2D eigenvalue weighted by Gasteiger charge is 2.21. The Morgan fingerprint density at radius 1 is 1.10 bits per heavy atom. The van der Waals surface area contributed by atoms with Crippen LogP contribution in [0.25, 0.3) is 22.0 Å². The number of fused-ring (bicyclic) bond motifs is 1. The predicted octanol–water partition coefficient (Wildman–Crippen LogP) is 3.73. The number of rotatable bonds is 4. The summed E-state index contributed by atoms with van der Waals surface area (Å²) in [7, 11) is -3.79. The van der Waals surface area contributed by atoms with Gasteiger partial charge in [0.2, 0.25) is 0 Å². The van der Waals surface area contributed by atoms with E-state index in [0.29, 0.717) is 27.7 Å². The van der Waals surface area contributed by atoms with Gasteiger partial charge in [0.25, 0.3) is 10.0 Å². The highest BCUT2D eigenvalue weighted by molar-refractivity contribution is 7.90. The van der Waals surface area contributed by atoms with E-state index in [1.165, 1.54) is 16.4 Å². The lowest BCUT2D eigenvalue weighted by Gasteiger charge is -2.11. The molecular formula is C20H16N4O4S. The van der Waals surface area contributed by atoms with Gasteiger partial charge in [-0.1, -0.05) is 18.2 Å². The minimum Gasteiger partial charge on any atom is -0.465 e. The van der Waals surface area contributed by atoms with Crippen molar-refractivity contribution in [3.8, 4) is 11.1 Å². The average Bonchev–Trinajstić information content (AvgIpc) is 3.15. The van der Waals surface area contributed by atoms with Gasteiger partial charge in [0.15, 0.2) is 0 Å². The van der Waals surface area contributed by atoms with Crippen molar-refractivity contribution in [2.45, 2.75) is 11.8 Å². The van der Waals surface area contributed by atoms with Crippen LogP contribution in [0.1, 0.15) is 5.69 Å². The molecule has 0 radical (unpaired) electrons. The van der Waals surface area contributed by atoms with E-state index in [1.54, 1.807) is 61.7 Å². The molecule has 0 aliphatic heterocycles. The van der Waals surface area contributed by atoms with Crippen LogP contribution < -0.4 is 5.32 Å². The zero-order chi connectivity index (χ0) is 20.6. The molecule has 0 fully saturated rings. The number of hydrogen-bond donors (Lipinski definition) is 2. The molecule has 0 spiro atoms. The van der Waals surface area contributed by atoms with Crippen LogP contribution in [0.2, 0.25) is 0 Å². The van der Waals surface area contributed by atoms with E-state index in [4.69, 9.17) is 5.11 Å². The number of amides is 1. The highest BCUT2D eigenvalue weighted by Crippen LogP contribution is 2.32. The normalized spacial score (nSPS) is 11.5. The summed E-state index contributed by atoms with van der Waals surface area (Å²) in [5, 5.41) is 11.8. The third-order valence-electron chi connectivity index (χ3n) is 4.48. The lowest BCUT2D eigenvalue weighted by atomic mass is 10.0. The molecule has 9 heteroatoms. The summed E-state index contributed by atoms with van der Waals surface area (Å²) >= 11 is 0. The Balaban J connectivity index is 1.91. The molecule has 3 heterocycles. The fraction of sp³-hybridized carbons (Fsp3) is 0.0500. The van der Waals surface area contributed by atoms with Gasteiger partial charge in [0.05, 0.1) is 16.1 Å². The van der Waals surface area contributed by atoms with Crippen LogP contribution in [0, 0.1) is 6.92 Å². The van der Waals surface area contributed by atoms with Crippen molar-refractivity contribution in [1.29, 1.82) is 0 Å². The van der Waals surface area contributed by atoms with E-state index in [1.807, 2.05) is 0 Å². The molecule has 0 bridgehead atoms. The average molecular weight is 408 g/mol. The van der Waals surface area contributed by atoms with Crippen LogP contribution in [0.4, 0.5) is 10.6 Å². The number of aromatic nitrogens is 3. The lowest BCUT2D eigenvalue weighted by molar-refractivity contribution is 0.209. The van der Waals surface area contributed by atoms with Crippen molar-refractivity contribution < 1.29 is 18.3 Å². The van der Waals surface area contributed by atoms with E-state index >= 15 is 0 Å². The maximum Gasteiger partial charge on any atom is 0.410 e. The molecule has 3 aromatic heterocycles. The summed E-state index contributed by atoms with van der Waals surface area (Å²) < 4.78 is 27.5. The van der Waals surface area contributed by atoms with Crippen molar-refractivity contribution in [1.82, 2.24) is 13.9 Å². The van der Waals surface area contributed by atoms with Gasteiger partial charge >= 0.3 is 6.09 Å². The summed E-state index contributed by atoms with van der Waals surface area (Å²) in [4.78, 5) is 19.4. The van der Waals surface area contributed by atoms with E-state index in [0.717, 1.165) is 0 Å². The molecule has 0 saturated carbocycles. The summed E-state index contributed by atoms with van der Waals surface area (Å²) in [5.74, 6) is 0.167. The predicted molar refractivity (Wildman–Crippen MR) is 108 cm³/mol. The Labute approximate surface area is 166 Å². The fourth-order valence-electron chi connectivity index (χ4n) is 3.19. The lowest BCUT2D eigenvalue weighted by Crippen LogP contribution is -2.12. The maximum atomic E-state index is 13.1. The number of anilines is 1. The van der Waals surface area contributed by atoms with Crippen molar-refractivity contribution in [2.75, 3.05) is 5.32 Å². The van der Waals surface area contributed by atoms with Crippen molar-refractivity contribution >= 4 is 32.8 Å². The molecule has 0 aliphatic rings. The summed E-state index contributed by atoms with van der Waals surface area (Å²) in [6.45, 7) is 1.74. The zero-order valence-corrected chi connectivity index (χ0v) is 16.1. The molecule has 0 aliphatic carbocycles. The first kappa shape index (κ1) is 18.6. The number of carbonyl (C=O) groups is 1. The number of benzene rings is 1. The Kier molecular flexibility index (Phi) is 4.51. The molecule has 0 unspecified atom stereocenters. The monoisotopic (exact) mass is 408 g/mol. The molecule has 146 valence electrons. The van der Waals surface area contributed by atoms with Gasteiger partial charge in [-0.15, -0.1) is 0 Å². The van der Waals surface area contributed by atoms with E-state index in [-0.39, 0.29) is 10.7 Å². The number of hydrogen-bond acceptors (Lipinski definition) is 5. The van der Waals surface area contributed by atoms with E-state index in [9.17, 15) is 13.2 Å². The van der Waals surface area contributed by atoms with E-state index in [2.05, 4.69) is 15.3 Å². The van der Waals surface area contributed by atoms with Crippen molar-refractivity contribution in [2.24, 2.45) is 0 Å². The number of nitrogens with zero attached hydrogens (tertiary/aromatic N) is 3. The third kappa shape index (κ3) is 3.32. The van der Waals surface area contributed by atoms with Crippen LogP contribution in [-0.2, 0) is 10.0 Å². The Morgan fingerprint density at radius 2 is 1.86 bits per heavy atom. The standard InChI is InChI=1S/C20H16N4O4S/c1-13-19-16(8-10-24(19)29(27,28)15-5-3-2-4-6-15)17(12-22-13)14-7-9-21-18(11-14)23-20(25)26/h2-12H,1H3,(H,21,23)(H,25,26). The first-order chi connectivity index (χ1) is 13.9. The maximum absolute atomic E-state index is 13.1. The Hall–Kier alpha value is -3.72. The van der Waals surface area contributed by atoms with Crippen LogP contribution in [-0.4, -0.2) is 33.6 Å². The second-order valence-corrected chi connectivity index (χ2v) is 8.12. The number of pyridine rings is 2. The topological polar surface area (TPSA) is 114 Å². The second-order valence-electron chi connectivity index (χ2n) is 6.31. The first-order valence-electron chi connectivity index (χ1n) is 8.61. The van der Waals surface area contributed by atoms with Gasteiger partial charge < -0.3 is 5.11 Å². The summed E-state index contributed by atoms with van der Waals surface area (Å²) in [6, 6.07) is 13.2. The molecule has 8 nitrogen and oxygen atoms in total. The van der Waals surface area contributed by atoms with Gasteiger partial charge in [0.1, 0.15) is 5.82 Å². The quantitative estimate of drug-likeness (QED) is 0.532. The smallest absolute Gasteiger partial charge is 0.410 e. The van der Waals surface area contributed by atoms with Crippen molar-refractivity contribution in [3.63, 3.8) is 0 Å². The van der Waals surface area contributed by atoms with Gasteiger partial charge in [-0.3, -0.25) is 10.3 Å². The van der Waals surface area contributed by atoms with Crippen molar-refractivity contribution in [3.05, 3.63) is 72.8 Å². The first-order valence-corrected chi connectivity index (χ1v) is 10.1.